The van der Waals surface area contributed by atoms with Gasteiger partial charge in [0.15, 0.2) is 0 Å². The van der Waals surface area contributed by atoms with E-state index in [0.717, 1.165) is 0 Å². The molecule has 1 fully saturated rings. The molecule has 4 N–H and O–H groups in total. The predicted molar refractivity (Wildman–Crippen MR) is 126 cm³/mol. The van der Waals surface area contributed by atoms with E-state index in [1.54, 1.807) is 0 Å². The molecule has 1 heterocycles. The average Bonchev–Trinajstić information content (AvgIpc) is 3.40. The van der Waals surface area contributed by atoms with Crippen molar-refractivity contribution in [1.82, 2.24) is 20.9 Å². The predicted octanol–water partition coefficient (Wildman–Crippen LogP) is 1.03. The average molecular weight is 543 g/mol. The summed E-state index contributed by atoms with van der Waals surface area (Å²) in [6.07, 6.45) is -5.20. The quantitative estimate of drug-likeness (QED) is 0.322. The third-order valence-electron chi connectivity index (χ3n) is 5.87. The number of Topliss-reactive ketones (excluding diaryl/α,β-unsaturated/α-hetero) is 1. The van der Waals surface area contributed by atoms with Gasteiger partial charge in [0.1, 0.15) is 12.1 Å². The molecule has 11 nitrogen and oxygen atoms in total. The van der Waals surface area contributed by atoms with E-state index < -0.39 is 66.1 Å². The highest BCUT2D eigenvalue weighted by Gasteiger charge is 2.49. The minimum absolute atomic E-state index is 0.000446. The zero-order valence-electron chi connectivity index (χ0n) is 20.8. The van der Waals surface area contributed by atoms with E-state index in [0.29, 0.717) is 17.9 Å². The van der Waals surface area contributed by atoms with Crippen LogP contribution in [-0.2, 0) is 19.2 Å². The van der Waals surface area contributed by atoms with E-state index in [1.807, 2.05) is 0 Å². The first-order valence-corrected chi connectivity index (χ1v) is 11.9. The van der Waals surface area contributed by atoms with E-state index in [2.05, 4.69) is 16.0 Å². The number of nitrogens with one attached hydrogen (secondary N) is 3. The summed E-state index contributed by atoms with van der Waals surface area (Å²) in [5.74, 6) is -6.86. The lowest BCUT2D eigenvalue weighted by atomic mass is 10.0. The first-order chi connectivity index (χ1) is 17.8. The van der Waals surface area contributed by atoms with Crippen LogP contribution in [-0.4, -0.2) is 82.8 Å². The maximum absolute atomic E-state index is 13.2. The lowest BCUT2D eigenvalue weighted by Gasteiger charge is -2.33. The summed E-state index contributed by atoms with van der Waals surface area (Å²) in [7, 11) is 0. The molecule has 1 aromatic rings. The molecule has 0 aromatic heterocycles. The van der Waals surface area contributed by atoms with E-state index in [9.17, 15) is 41.9 Å². The molecule has 2 rings (SSSR count). The number of carbonyl (C=O) groups excluding carboxylic acids is 5. The molecular formula is C24H29F3N4O7. The number of alkyl halides is 3. The Morgan fingerprint density at radius 2 is 1.66 bits per heavy atom. The fourth-order valence-corrected chi connectivity index (χ4v) is 3.86. The van der Waals surface area contributed by atoms with Crippen molar-refractivity contribution in [3.05, 3.63) is 35.4 Å². The van der Waals surface area contributed by atoms with Gasteiger partial charge in [-0.05, 0) is 57.0 Å². The van der Waals surface area contributed by atoms with Crippen molar-refractivity contribution < 1.29 is 47.0 Å². The molecule has 0 bridgehead atoms. The number of ketones is 1. The second kappa shape index (κ2) is 13.1. The molecule has 0 radical (unpaired) electrons. The highest BCUT2D eigenvalue weighted by molar-refractivity contribution is 6.07. The molecule has 1 saturated heterocycles. The largest absolute Gasteiger partial charge is 0.481 e. The molecule has 0 saturated carbocycles. The van der Waals surface area contributed by atoms with Crippen molar-refractivity contribution in [3.8, 4) is 0 Å². The van der Waals surface area contributed by atoms with Crippen LogP contribution in [0.5, 0.6) is 0 Å². The first-order valence-electron chi connectivity index (χ1n) is 11.9. The Labute approximate surface area is 216 Å². The zero-order chi connectivity index (χ0) is 28.6. The SMILES string of the molecule is CCC(C(=O)C(F)(F)F)N(C(=O)[C@H](C)NC(=O)c1ccc(C(=O)NCCC(=O)O)cc1)C(=O)[C@@H]1CCCN1. The lowest BCUT2D eigenvalue weighted by molar-refractivity contribution is -0.180. The molecule has 1 aliphatic heterocycles. The van der Waals surface area contributed by atoms with Crippen LogP contribution in [0.25, 0.3) is 0 Å². The van der Waals surface area contributed by atoms with Crippen molar-refractivity contribution in [2.45, 2.75) is 63.8 Å². The van der Waals surface area contributed by atoms with E-state index in [1.165, 1.54) is 38.1 Å². The summed E-state index contributed by atoms with van der Waals surface area (Å²) in [6.45, 7) is 2.74. The third kappa shape index (κ3) is 7.84. The second-order valence-corrected chi connectivity index (χ2v) is 8.65. The number of hydrogen-bond acceptors (Lipinski definition) is 7. The number of hydrogen-bond donors (Lipinski definition) is 4. The zero-order valence-corrected chi connectivity index (χ0v) is 20.8. The summed E-state index contributed by atoms with van der Waals surface area (Å²) < 4.78 is 39.7. The van der Waals surface area contributed by atoms with Crippen molar-refractivity contribution >= 4 is 35.4 Å². The smallest absolute Gasteiger partial charge is 0.452 e. The highest BCUT2D eigenvalue weighted by Crippen LogP contribution is 2.24. The first kappa shape index (κ1) is 30.4. The van der Waals surface area contributed by atoms with Gasteiger partial charge in [0, 0.05) is 17.7 Å². The van der Waals surface area contributed by atoms with Gasteiger partial charge in [0.25, 0.3) is 23.5 Å². The number of carboxylic acids is 1. The molecule has 0 spiro atoms. The van der Waals surface area contributed by atoms with Crippen LogP contribution >= 0.6 is 0 Å². The van der Waals surface area contributed by atoms with Crippen molar-refractivity contribution in [2.75, 3.05) is 13.1 Å². The molecular weight excluding hydrogens is 513 g/mol. The van der Waals surface area contributed by atoms with Crippen molar-refractivity contribution in [1.29, 1.82) is 0 Å². The van der Waals surface area contributed by atoms with E-state index in [-0.39, 0.29) is 30.5 Å². The molecule has 1 aliphatic rings. The fourth-order valence-electron chi connectivity index (χ4n) is 3.86. The summed E-state index contributed by atoms with van der Waals surface area (Å²) in [5.41, 5.74) is 0.133. The van der Waals surface area contributed by atoms with Crippen molar-refractivity contribution in [2.24, 2.45) is 0 Å². The van der Waals surface area contributed by atoms with Crippen LogP contribution in [0.3, 0.4) is 0 Å². The summed E-state index contributed by atoms with van der Waals surface area (Å²) in [5, 5.41) is 16.1. The maximum atomic E-state index is 13.2. The van der Waals surface area contributed by atoms with Gasteiger partial charge >= 0.3 is 12.1 Å². The Morgan fingerprint density at radius 1 is 1.08 bits per heavy atom. The minimum Gasteiger partial charge on any atom is -0.481 e. The van der Waals surface area contributed by atoms with Crippen molar-refractivity contribution in [3.63, 3.8) is 0 Å². The number of rotatable bonds is 11. The van der Waals surface area contributed by atoms with Gasteiger partial charge in [-0.1, -0.05) is 6.92 Å². The van der Waals surface area contributed by atoms with Gasteiger partial charge in [-0.3, -0.25) is 33.7 Å². The van der Waals surface area contributed by atoms with Crippen LogP contribution < -0.4 is 16.0 Å². The monoisotopic (exact) mass is 542 g/mol. The number of carbonyl (C=O) groups is 6. The van der Waals surface area contributed by atoms with Gasteiger partial charge in [0.05, 0.1) is 12.5 Å². The molecule has 4 amide bonds. The molecule has 3 atom stereocenters. The molecule has 0 aliphatic carbocycles. The van der Waals surface area contributed by atoms with Crippen LogP contribution in [0.1, 0.15) is 60.2 Å². The Hall–Kier alpha value is -3.81. The molecule has 1 aromatic carbocycles. The molecule has 208 valence electrons. The number of aliphatic carboxylic acids is 1. The van der Waals surface area contributed by atoms with Crippen LogP contribution in [0, 0.1) is 0 Å². The number of amides is 4. The number of nitrogens with zero attached hydrogens (tertiary/aromatic N) is 1. The van der Waals surface area contributed by atoms with E-state index >= 15 is 0 Å². The van der Waals surface area contributed by atoms with Crippen LogP contribution in [0.15, 0.2) is 24.3 Å². The standard InChI is InChI=1S/C24H29F3N4O7/c1-3-17(19(34)24(25,26)27)31(23(38)16-5-4-11-28-16)22(37)13(2)30-21(36)15-8-6-14(7-9-15)20(35)29-12-10-18(32)33/h6-9,13,16-17,28H,3-5,10-12H2,1-2H3,(H,29,35)(H,30,36)(H,32,33)/t13-,16-,17?/m0/s1. The highest BCUT2D eigenvalue weighted by atomic mass is 19.4. The number of halogens is 3. The number of carboxylic acid groups (broad SMARTS) is 1. The lowest BCUT2D eigenvalue weighted by Crippen LogP contribution is -2.60. The van der Waals surface area contributed by atoms with Gasteiger partial charge < -0.3 is 21.1 Å². The number of imide groups is 1. The summed E-state index contributed by atoms with van der Waals surface area (Å²) >= 11 is 0. The summed E-state index contributed by atoms with van der Waals surface area (Å²) in [4.78, 5) is 73.8. The van der Waals surface area contributed by atoms with Crippen LogP contribution in [0.2, 0.25) is 0 Å². The van der Waals surface area contributed by atoms with E-state index in [4.69, 9.17) is 5.11 Å². The molecule has 1 unspecified atom stereocenters. The van der Waals surface area contributed by atoms with Crippen LogP contribution in [0.4, 0.5) is 13.2 Å². The maximum Gasteiger partial charge on any atom is 0.452 e. The second-order valence-electron chi connectivity index (χ2n) is 8.65. The Kier molecular flexibility index (Phi) is 10.5. The Morgan fingerprint density at radius 3 is 2.13 bits per heavy atom. The topological polar surface area (TPSA) is 162 Å². The fraction of sp³-hybridized carbons (Fsp3) is 0.500. The molecule has 14 heteroatoms. The third-order valence-corrected chi connectivity index (χ3v) is 5.87. The Bertz CT molecular complexity index is 1070. The van der Waals surface area contributed by atoms with Gasteiger partial charge in [-0.15, -0.1) is 0 Å². The number of benzene rings is 1. The normalized spacial score (nSPS) is 16.7. The van der Waals surface area contributed by atoms with Gasteiger partial charge in [0.2, 0.25) is 5.91 Å². The minimum atomic E-state index is -5.28. The Balaban J connectivity index is 2.17. The van der Waals surface area contributed by atoms with Gasteiger partial charge in [-0.2, -0.15) is 13.2 Å². The van der Waals surface area contributed by atoms with Gasteiger partial charge in [-0.25, -0.2) is 0 Å². The summed E-state index contributed by atoms with van der Waals surface area (Å²) in [6, 6.07) is 0.587. The molecule has 38 heavy (non-hydrogen) atoms.